The van der Waals surface area contributed by atoms with Crippen molar-refractivity contribution in [2.45, 2.75) is 6.61 Å². The second-order valence-electron chi connectivity index (χ2n) is 3.64. The number of anilines is 1. The quantitative estimate of drug-likeness (QED) is 0.665. The molecule has 0 bridgehead atoms. The molecule has 2 aromatic rings. The highest BCUT2D eigenvalue weighted by molar-refractivity contribution is 5.90. The Hall–Kier alpha value is -2.43. The van der Waals surface area contributed by atoms with Crippen molar-refractivity contribution in [2.75, 3.05) is 5.73 Å². The number of carbonyl (C=O) groups excluding carboxylic acids is 1. The van der Waals surface area contributed by atoms with Gasteiger partial charge in [-0.2, -0.15) is 0 Å². The van der Waals surface area contributed by atoms with Gasteiger partial charge < -0.3 is 10.5 Å². The second kappa shape index (κ2) is 5.27. The Bertz CT molecular complexity index is 558. The summed E-state index contributed by atoms with van der Waals surface area (Å²) in [5.74, 6) is -1.43. The van der Waals surface area contributed by atoms with Crippen LogP contribution in [-0.2, 0) is 11.3 Å². The molecule has 0 radical (unpaired) electrons. The van der Waals surface area contributed by atoms with E-state index in [0.717, 1.165) is 6.07 Å². The van der Waals surface area contributed by atoms with Crippen LogP contribution in [0, 0.1) is 5.82 Å². The monoisotopic (exact) mass is 246 g/mol. The summed E-state index contributed by atoms with van der Waals surface area (Å²) in [5.41, 5.74) is 6.11. The van der Waals surface area contributed by atoms with Crippen molar-refractivity contribution in [3.05, 3.63) is 59.7 Å². The third kappa shape index (κ3) is 2.82. The van der Waals surface area contributed by atoms with Crippen LogP contribution in [0.1, 0.15) is 16.1 Å². The topological polar surface area (TPSA) is 65.2 Å². The molecule has 1 heterocycles. The molecule has 4 nitrogen and oxygen atoms in total. The number of esters is 1. The fourth-order valence-corrected chi connectivity index (χ4v) is 1.40. The van der Waals surface area contributed by atoms with E-state index in [1.165, 1.54) is 12.1 Å². The highest BCUT2D eigenvalue weighted by Gasteiger charge is 2.13. The van der Waals surface area contributed by atoms with Crippen molar-refractivity contribution >= 4 is 11.7 Å². The van der Waals surface area contributed by atoms with Gasteiger partial charge in [-0.25, -0.2) is 9.18 Å². The molecule has 92 valence electrons. The minimum absolute atomic E-state index is 0.00346. The van der Waals surface area contributed by atoms with E-state index in [1.807, 2.05) is 0 Å². The van der Waals surface area contributed by atoms with Gasteiger partial charge in [0, 0.05) is 11.9 Å². The lowest BCUT2D eigenvalue weighted by atomic mass is 10.2. The van der Waals surface area contributed by atoms with Crippen LogP contribution in [0.3, 0.4) is 0 Å². The number of hydrogen-bond acceptors (Lipinski definition) is 4. The number of ether oxygens (including phenoxy) is 1. The molecule has 0 unspecified atom stereocenters. The van der Waals surface area contributed by atoms with E-state index in [4.69, 9.17) is 10.5 Å². The molecule has 1 aromatic heterocycles. The van der Waals surface area contributed by atoms with E-state index in [0.29, 0.717) is 5.69 Å². The molecule has 18 heavy (non-hydrogen) atoms. The lowest BCUT2D eigenvalue weighted by Gasteiger charge is -2.05. The Morgan fingerprint density at radius 3 is 2.83 bits per heavy atom. The second-order valence-corrected chi connectivity index (χ2v) is 3.64. The molecule has 5 heteroatoms. The van der Waals surface area contributed by atoms with Crippen molar-refractivity contribution in [1.29, 1.82) is 0 Å². The molecular weight excluding hydrogens is 235 g/mol. The van der Waals surface area contributed by atoms with Crippen LogP contribution in [-0.4, -0.2) is 11.0 Å². The highest BCUT2D eigenvalue weighted by Crippen LogP contribution is 2.13. The summed E-state index contributed by atoms with van der Waals surface area (Å²) < 4.78 is 18.4. The van der Waals surface area contributed by atoms with Gasteiger partial charge in [-0.1, -0.05) is 6.07 Å². The van der Waals surface area contributed by atoms with E-state index < -0.39 is 11.8 Å². The van der Waals surface area contributed by atoms with Gasteiger partial charge >= 0.3 is 5.97 Å². The predicted octanol–water partition coefficient (Wildman–Crippen LogP) is 2.16. The van der Waals surface area contributed by atoms with E-state index in [9.17, 15) is 9.18 Å². The number of benzene rings is 1. The Balaban J connectivity index is 2.04. The SMILES string of the molecule is Nc1ccc(C(=O)OCc2ccccn2)c(F)c1. The maximum absolute atomic E-state index is 13.4. The molecule has 0 aliphatic rings. The fourth-order valence-electron chi connectivity index (χ4n) is 1.40. The lowest BCUT2D eigenvalue weighted by Crippen LogP contribution is -2.08. The molecule has 0 aliphatic heterocycles. The maximum atomic E-state index is 13.4. The van der Waals surface area contributed by atoms with Crippen LogP contribution < -0.4 is 5.73 Å². The van der Waals surface area contributed by atoms with Crippen molar-refractivity contribution in [3.63, 3.8) is 0 Å². The first-order chi connectivity index (χ1) is 8.66. The number of hydrogen-bond donors (Lipinski definition) is 1. The molecular formula is C13H11FN2O2. The summed E-state index contributed by atoms with van der Waals surface area (Å²) in [6, 6.07) is 9.07. The van der Waals surface area contributed by atoms with Gasteiger partial charge in [0.05, 0.1) is 11.3 Å². The number of rotatable bonds is 3. The van der Waals surface area contributed by atoms with E-state index in [-0.39, 0.29) is 17.9 Å². The average molecular weight is 246 g/mol. The minimum Gasteiger partial charge on any atom is -0.456 e. The molecule has 0 fully saturated rings. The highest BCUT2D eigenvalue weighted by atomic mass is 19.1. The largest absolute Gasteiger partial charge is 0.456 e. The van der Waals surface area contributed by atoms with Crippen molar-refractivity contribution < 1.29 is 13.9 Å². The van der Waals surface area contributed by atoms with Crippen LogP contribution in [0.2, 0.25) is 0 Å². The fraction of sp³-hybridized carbons (Fsp3) is 0.0769. The van der Waals surface area contributed by atoms with Gasteiger partial charge in [-0.3, -0.25) is 4.98 Å². The zero-order valence-electron chi connectivity index (χ0n) is 9.47. The van der Waals surface area contributed by atoms with Crippen molar-refractivity contribution in [3.8, 4) is 0 Å². The molecule has 0 aliphatic carbocycles. The van der Waals surface area contributed by atoms with E-state index in [2.05, 4.69) is 4.98 Å². The van der Waals surface area contributed by atoms with Crippen LogP contribution >= 0.6 is 0 Å². The molecule has 0 spiro atoms. The number of halogens is 1. The summed E-state index contributed by atoms with van der Waals surface area (Å²) in [4.78, 5) is 15.6. The minimum atomic E-state index is -0.738. The Kier molecular flexibility index (Phi) is 3.52. The zero-order valence-corrected chi connectivity index (χ0v) is 9.47. The van der Waals surface area contributed by atoms with Crippen LogP contribution in [0.5, 0.6) is 0 Å². The van der Waals surface area contributed by atoms with Crippen LogP contribution in [0.25, 0.3) is 0 Å². The van der Waals surface area contributed by atoms with Gasteiger partial charge in [-0.15, -0.1) is 0 Å². The first kappa shape index (κ1) is 12.0. The van der Waals surface area contributed by atoms with Crippen LogP contribution in [0.4, 0.5) is 10.1 Å². The average Bonchev–Trinajstić information content (AvgIpc) is 2.37. The number of aromatic nitrogens is 1. The summed E-state index contributed by atoms with van der Waals surface area (Å²) in [6.07, 6.45) is 1.59. The van der Waals surface area contributed by atoms with Crippen molar-refractivity contribution in [1.82, 2.24) is 4.98 Å². The predicted molar refractivity (Wildman–Crippen MR) is 64.2 cm³/mol. The number of pyridine rings is 1. The zero-order chi connectivity index (χ0) is 13.0. The standard InChI is InChI=1S/C13H11FN2O2/c14-12-7-9(15)4-5-11(12)13(17)18-8-10-3-1-2-6-16-10/h1-7H,8,15H2. The molecule has 2 N–H and O–H groups in total. The van der Waals surface area contributed by atoms with Gasteiger partial charge in [0.2, 0.25) is 0 Å². The third-order valence-electron chi connectivity index (χ3n) is 2.29. The normalized spacial score (nSPS) is 10.1. The third-order valence-corrected chi connectivity index (χ3v) is 2.29. The van der Waals surface area contributed by atoms with Gasteiger partial charge in [-0.05, 0) is 30.3 Å². The molecule has 0 atom stereocenters. The van der Waals surface area contributed by atoms with E-state index >= 15 is 0 Å². The molecule has 0 saturated carbocycles. The van der Waals surface area contributed by atoms with Crippen molar-refractivity contribution in [2.24, 2.45) is 0 Å². The summed E-state index contributed by atoms with van der Waals surface area (Å²) in [7, 11) is 0. The Labute approximate surface area is 103 Å². The maximum Gasteiger partial charge on any atom is 0.341 e. The van der Waals surface area contributed by atoms with Crippen LogP contribution in [0.15, 0.2) is 42.6 Å². The van der Waals surface area contributed by atoms with Gasteiger partial charge in [0.25, 0.3) is 0 Å². The number of nitrogen functional groups attached to an aromatic ring is 1. The van der Waals surface area contributed by atoms with Gasteiger partial charge in [0.1, 0.15) is 12.4 Å². The molecule has 0 amide bonds. The molecule has 1 aromatic carbocycles. The molecule has 2 rings (SSSR count). The Morgan fingerprint density at radius 1 is 1.33 bits per heavy atom. The number of carbonyl (C=O) groups is 1. The first-order valence-corrected chi connectivity index (χ1v) is 5.29. The lowest BCUT2D eigenvalue weighted by molar-refractivity contribution is 0.0462. The smallest absolute Gasteiger partial charge is 0.341 e. The summed E-state index contributed by atoms with van der Waals surface area (Å²) >= 11 is 0. The summed E-state index contributed by atoms with van der Waals surface area (Å²) in [5, 5.41) is 0. The van der Waals surface area contributed by atoms with Gasteiger partial charge in [0.15, 0.2) is 0 Å². The number of nitrogens with two attached hydrogens (primary N) is 1. The Morgan fingerprint density at radius 2 is 2.17 bits per heavy atom. The van der Waals surface area contributed by atoms with E-state index in [1.54, 1.807) is 24.4 Å². The number of nitrogens with zero attached hydrogens (tertiary/aromatic N) is 1. The molecule has 0 saturated heterocycles. The summed E-state index contributed by atoms with van der Waals surface area (Å²) in [6.45, 7) is 0.00346. The first-order valence-electron chi connectivity index (χ1n) is 5.29.